The predicted molar refractivity (Wildman–Crippen MR) is 124 cm³/mol. The van der Waals surface area contributed by atoms with Crippen molar-refractivity contribution >= 4 is 50.9 Å². The molecule has 0 bridgehead atoms. The normalized spacial score (nSPS) is 16.4. The van der Waals surface area contributed by atoms with Crippen molar-refractivity contribution in [3.05, 3.63) is 28.2 Å². The molecule has 0 aliphatic heterocycles. The standard InChI is InChI=1S/C20H30Cl2N2O4S2/c1-29-13-10-19(24-30(26,27)16-8-9-17(21)18(22)14-16)20(25)23-11-5-12-28-15-6-3-2-4-7-15/h8-9,14-15,19,24H,2-7,10-13H2,1H3,(H,23,25). The number of thioether (sulfide) groups is 1. The van der Waals surface area contributed by atoms with Crippen LogP contribution in [0.3, 0.4) is 0 Å². The minimum absolute atomic E-state index is 0.0280. The Morgan fingerprint density at radius 2 is 1.97 bits per heavy atom. The van der Waals surface area contributed by atoms with Gasteiger partial charge in [-0.05, 0) is 55.9 Å². The Hall–Kier alpha value is -0.510. The van der Waals surface area contributed by atoms with Crippen molar-refractivity contribution < 1.29 is 17.9 Å². The molecule has 1 fully saturated rings. The molecule has 0 aromatic heterocycles. The molecule has 1 aromatic carbocycles. The molecule has 0 spiro atoms. The van der Waals surface area contributed by atoms with E-state index in [0.717, 1.165) is 12.8 Å². The van der Waals surface area contributed by atoms with Gasteiger partial charge in [0.2, 0.25) is 15.9 Å². The molecular weight excluding hydrogens is 467 g/mol. The molecule has 1 atom stereocenters. The summed E-state index contributed by atoms with van der Waals surface area (Å²) >= 11 is 13.3. The van der Waals surface area contributed by atoms with Crippen LogP contribution in [0.25, 0.3) is 0 Å². The second-order valence-corrected chi connectivity index (χ2v) is 10.8. The fraction of sp³-hybridized carbons (Fsp3) is 0.650. The number of hydrogen-bond donors (Lipinski definition) is 2. The summed E-state index contributed by atoms with van der Waals surface area (Å²) in [5.41, 5.74) is 0. The molecule has 0 heterocycles. The Morgan fingerprint density at radius 1 is 1.23 bits per heavy atom. The maximum atomic E-state index is 12.7. The SMILES string of the molecule is CSCCC(NS(=O)(=O)c1ccc(Cl)c(Cl)c1)C(=O)NCCCOC1CCCCC1. The van der Waals surface area contributed by atoms with E-state index in [2.05, 4.69) is 10.0 Å². The fourth-order valence-electron chi connectivity index (χ4n) is 3.27. The zero-order chi connectivity index (χ0) is 22.0. The van der Waals surface area contributed by atoms with Crippen LogP contribution in [-0.2, 0) is 19.6 Å². The number of benzene rings is 1. The lowest BCUT2D eigenvalue weighted by molar-refractivity contribution is -0.122. The number of hydrogen-bond acceptors (Lipinski definition) is 5. The molecule has 2 N–H and O–H groups in total. The molecule has 10 heteroatoms. The molecule has 1 saturated carbocycles. The van der Waals surface area contributed by atoms with Gasteiger partial charge in [-0.1, -0.05) is 42.5 Å². The van der Waals surface area contributed by atoms with Gasteiger partial charge in [-0.3, -0.25) is 4.79 Å². The minimum Gasteiger partial charge on any atom is -0.378 e. The Labute approximate surface area is 193 Å². The van der Waals surface area contributed by atoms with Gasteiger partial charge in [0.25, 0.3) is 0 Å². The summed E-state index contributed by atoms with van der Waals surface area (Å²) in [6, 6.07) is 3.19. The van der Waals surface area contributed by atoms with Gasteiger partial charge in [-0.25, -0.2) is 8.42 Å². The average molecular weight is 498 g/mol. The summed E-state index contributed by atoms with van der Waals surface area (Å²) in [5, 5.41) is 3.23. The molecule has 1 aliphatic rings. The van der Waals surface area contributed by atoms with E-state index in [4.69, 9.17) is 27.9 Å². The van der Waals surface area contributed by atoms with Gasteiger partial charge < -0.3 is 10.1 Å². The van der Waals surface area contributed by atoms with E-state index in [1.165, 1.54) is 37.5 Å². The second-order valence-electron chi connectivity index (χ2n) is 7.31. The lowest BCUT2D eigenvalue weighted by Gasteiger charge is -2.22. The van der Waals surface area contributed by atoms with E-state index in [0.29, 0.717) is 37.9 Å². The predicted octanol–water partition coefficient (Wildman–Crippen LogP) is 4.25. The number of ether oxygens (including phenoxy) is 1. The van der Waals surface area contributed by atoms with Crippen molar-refractivity contribution in [1.82, 2.24) is 10.0 Å². The quantitative estimate of drug-likeness (QED) is 0.422. The summed E-state index contributed by atoms with van der Waals surface area (Å²) in [6.07, 6.45) is 9.26. The molecule has 1 amide bonds. The van der Waals surface area contributed by atoms with E-state index in [-0.39, 0.29) is 20.8 Å². The van der Waals surface area contributed by atoms with E-state index in [9.17, 15) is 13.2 Å². The van der Waals surface area contributed by atoms with Crippen molar-refractivity contribution in [1.29, 1.82) is 0 Å². The third-order valence-corrected chi connectivity index (χ3v) is 7.80. The number of amides is 1. The summed E-state index contributed by atoms with van der Waals surface area (Å²) in [7, 11) is -3.91. The van der Waals surface area contributed by atoms with E-state index < -0.39 is 16.1 Å². The first-order valence-electron chi connectivity index (χ1n) is 10.2. The molecule has 1 aliphatic carbocycles. The zero-order valence-electron chi connectivity index (χ0n) is 17.2. The highest BCUT2D eigenvalue weighted by Crippen LogP contribution is 2.25. The van der Waals surface area contributed by atoms with Gasteiger partial charge >= 0.3 is 0 Å². The van der Waals surface area contributed by atoms with Crippen LogP contribution in [0.15, 0.2) is 23.1 Å². The maximum absolute atomic E-state index is 12.7. The molecule has 170 valence electrons. The number of carbonyl (C=O) groups is 1. The van der Waals surface area contributed by atoms with E-state index in [1.54, 1.807) is 11.8 Å². The summed E-state index contributed by atoms with van der Waals surface area (Å²) in [5.74, 6) is 0.303. The lowest BCUT2D eigenvalue weighted by Crippen LogP contribution is -2.47. The molecule has 1 unspecified atom stereocenters. The van der Waals surface area contributed by atoms with Crippen LogP contribution in [0.1, 0.15) is 44.9 Å². The van der Waals surface area contributed by atoms with Gasteiger partial charge in [0.05, 0.1) is 21.0 Å². The summed E-state index contributed by atoms with van der Waals surface area (Å²) in [4.78, 5) is 12.6. The third-order valence-electron chi connectivity index (χ3n) is 4.95. The van der Waals surface area contributed by atoms with Crippen LogP contribution in [0, 0.1) is 0 Å². The fourth-order valence-corrected chi connectivity index (χ4v) is 5.36. The molecule has 1 aromatic rings. The van der Waals surface area contributed by atoms with Gasteiger partial charge in [0, 0.05) is 13.2 Å². The highest BCUT2D eigenvalue weighted by Gasteiger charge is 2.25. The molecular formula is C20H30Cl2N2O4S2. The molecule has 6 nitrogen and oxygen atoms in total. The van der Waals surface area contributed by atoms with Gasteiger partial charge in [0.15, 0.2) is 0 Å². The number of nitrogens with one attached hydrogen (secondary N) is 2. The highest BCUT2D eigenvalue weighted by molar-refractivity contribution is 7.98. The number of rotatable bonds is 12. The Balaban J connectivity index is 1.86. The lowest BCUT2D eigenvalue weighted by atomic mass is 9.98. The Bertz CT molecular complexity index is 787. The van der Waals surface area contributed by atoms with Crippen LogP contribution in [0.5, 0.6) is 0 Å². The third kappa shape index (κ3) is 8.55. The van der Waals surface area contributed by atoms with Crippen molar-refractivity contribution in [2.75, 3.05) is 25.2 Å². The topological polar surface area (TPSA) is 84.5 Å². The van der Waals surface area contributed by atoms with Crippen molar-refractivity contribution in [3.63, 3.8) is 0 Å². The van der Waals surface area contributed by atoms with Gasteiger partial charge in [-0.2, -0.15) is 16.5 Å². The van der Waals surface area contributed by atoms with Gasteiger partial charge in [0.1, 0.15) is 6.04 Å². The monoisotopic (exact) mass is 496 g/mol. The van der Waals surface area contributed by atoms with Crippen molar-refractivity contribution in [2.24, 2.45) is 0 Å². The van der Waals surface area contributed by atoms with Crippen LogP contribution in [0.2, 0.25) is 10.0 Å². The first kappa shape index (κ1) is 25.7. The van der Waals surface area contributed by atoms with Crippen LogP contribution < -0.4 is 10.0 Å². The smallest absolute Gasteiger partial charge is 0.241 e. The van der Waals surface area contributed by atoms with E-state index >= 15 is 0 Å². The average Bonchev–Trinajstić information content (AvgIpc) is 2.73. The summed E-state index contributed by atoms with van der Waals surface area (Å²) < 4.78 is 33.8. The highest BCUT2D eigenvalue weighted by atomic mass is 35.5. The maximum Gasteiger partial charge on any atom is 0.241 e. The van der Waals surface area contributed by atoms with Crippen LogP contribution >= 0.6 is 35.0 Å². The van der Waals surface area contributed by atoms with Crippen molar-refractivity contribution in [2.45, 2.75) is 62.0 Å². The van der Waals surface area contributed by atoms with Crippen LogP contribution in [0.4, 0.5) is 0 Å². The number of sulfonamides is 1. The Kier molecular flexibility index (Phi) is 11.3. The number of carbonyl (C=O) groups excluding carboxylic acids is 1. The molecule has 0 saturated heterocycles. The molecule has 0 radical (unpaired) electrons. The molecule has 30 heavy (non-hydrogen) atoms. The first-order chi connectivity index (χ1) is 14.3. The van der Waals surface area contributed by atoms with Crippen LogP contribution in [-0.4, -0.2) is 51.6 Å². The zero-order valence-corrected chi connectivity index (χ0v) is 20.3. The largest absolute Gasteiger partial charge is 0.378 e. The molecule has 2 rings (SSSR count). The minimum atomic E-state index is -3.91. The summed E-state index contributed by atoms with van der Waals surface area (Å²) in [6.45, 7) is 1.03. The number of halogens is 2. The first-order valence-corrected chi connectivity index (χ1v) is 13.8. The second kappa shape index (κ2) is 13.1. The van der Waals surface area contributed by atoms with Gasteiger partial charge in [-0.15, -0.1) is 0 Å². The van der Waals surface area contributed by atoms with E-state index in [1.807, 2.05) is 6.26 Å². The van der Waals surface area contributed by atoms with Crippen molar-refractivity contribution in [3.8, 4) is 0 Å². The Morgan fingerprint density at radius 3 is 2.63 bits per heavy atom.